The summed E-state index contributed by atoms with van der Waals surface area (Å²) in [5.74, 6) is -0.0344. The number of carbonyl (C=O) groups excluding carboxylic acids is 1. The van der Waals surface area contributed by atoms with Crippen LogP contribution in [0.15, 0.2) is 59.5 Å². The van der Waals surface area contributed by atoms with Crippen LogP contribution in [-0.4, -0.2) is 88.5 Å². The first-order valence-corrected chi connectivity index (χ1v) is 14.0. The van der Waals surface area contributed by atoms with Gasteiger partial charge < -0.3 is 35.1 Å². The van der Waals surface area contributed by atoms with Crippen molar-refractivity contribution in [2.75, 3.05) is 45.8 Å². The van der Waals surface area contributed by atoms with Crippen molar-refractivity contribution >= 4 is 21.8 Å². The number of carbonyl (C=O) groups is 1. The van der Waals surface area contributed by atoms with E-state index in [-0.39, 0.29) is 49.8 Å². The molecule has 4 rings (SSSR count). The van der Waals surface area contributed by atoms with Crippen molar-refractivity contribution in [2.24, 2.45) is 5.92 Å². The number of aliphatic hydroxyl groups is 1. The number of alkyl carbamates (subject to hydrolysis) is 1. The van der Waals surface area contributed by atoms with E-state index in [0.717, 1.165) is 16.3 Å². The van der Waals surface area contributed by atoms with Gasteiger partial charge in [-0.05, 0) is 42.7 Å². The van der Waals surface area contributed by atoms with Crippen LogP contribution in [0.4, 0.5) is 10.5 Å². The van der Waals surface area contributed by atoms with E-state index in [0.29, 0.717) is 12.3 Å². The van der Waals surface area contributed by atoms with Gasteiger partial charge in [0.15, 0.2) is 6.29 Å². The zero-order valence-electron chi connectivity index (χ0n) is 21.3. The highest BCUT2D eigenvalue weighted by Gasteiger charge is 2.44. The van der Waals surface area contributed by atoms with Crippen LogP contribution in [0.25, 0.3) is 0 Å². The number of hydrogen-bond donors (Lipinski definition) is 3. The highest BCUT2D eigenvalue weighted by molar-refractivity contribution is 7.89. The van der Waals surface area contributed by atoms with Gasteiger partial charge in [-0.1, -0.05) is 30.3 Å². The van der Waals surface area contributed by atoms with E-state index >= 15 is 0 Å². The maximum atomic E-state index is 13.4. The fourth-order valence-corrected chi connectivity index (χ4v) is 6.09. The minimum absolute atomic E-state index is 0.00521. The molecule has 208 valence electrons. The van der Waals surface area contributed by atoms with Gasteiger partial charge in [0.05, 0.1) is 42.8 Å². The summed E-state index contributed by atoms with van der Waals surface area (Å²) in [6.45, 7) is 0.626. The molecule has 0 saturated carbocycles. The van der Waals surface area contributed by atoms with Gasteiger partial charge in [-0.2, -0.15) is 4.31 Å². The second-order valence-electron chi connectivity index (χ2n) is 9.40. The number of nitrogens with zero attached hydrogens (tertiary/aromatic N) is 1. The number of amides is 1. The van der Waals surface area contributed by atoms with Crippen LogP contribution in [-0.2, 0) is 35.4 Å². The van der Waals surface area contributed by atoms with Gasteiger partial charge in [0, 0.05) is 25.9 Å². The van der Waals surface area contributed by atoms with Crippen molar-refractivity contribution in [3.8, 4) is 0 Å². The SMILES string of the molecule is COCCN(CC(O)[C@H](Cc1ccccc1)NC(=O)O[C@H]1CO[C@H]2OCC[C@H]21)S(=O)(=O)c1ccc(N)cc1. The third kappa shape index (κ3) is 7.01. The number of rotatable bonds is 12. The fourth-order valence-electron chi connectivity index (χ4n) is 4.65. The minimum Gasteiger partial charge on any atom is -0.443 e. The molecule has 0 radical (unpaired) electrons. The molecule has 2 fully saturated rings. The number of benzene rings is 2. The number of nitrogens with one attached hydrogen (secondary N) is 1. The number of ether oxygens (including phenoxy) is 4. The summed E-state index contributed by atoms with van der Waals surface area (Å²) < 4.78 is 49.7. The van der Waals surface area contributed by atoms with Gasteiger partial charge in [-0.25, -0.2) is 13.2 Å². The molecule has 11 nitrogen and oxygen atoms in total. The highest BCUT2D eigenvalue weighted by atomic mass is 32.2. The molecular formula is C26H35N3O8S. The average molecular weight is 550 g/mol. The van der Waals surface area contributed by atoms with Gasteiger partial charge in [0.1, 0.15) is 6.10 Å². The van der Waals surface area contributed by atoms with Crippen LogP contribution in [0.1, 0.15) is 12.0 Å². The van der Waals surface area contributed by atoms with Crippen molar-refractivity contribution in [3.63, 3.8) is 0 Å². The van der Waals surface area contributed by atoms with Gasteiger partial charge in [0.25, 0.3) is 0 Å². The first-order chi connectivity index (χ1) is 18.3. The third-order valence-electron chi connectivity index (χ3n) is 6.76. The van der Waals surface area contributed by atoms with E-state index in [9.17, 15) is 18.3 Å². The number of aliphatic hydroxyl groups excluding tert-OH is 1. The van der Waals surface area contributed by atoms with Crippen molar-refractivity contribution < 1.29 is 37.3 Å². The first kappa shape index (κ1) is 28.3. The van der Waals surface area contributed by atoms with Crippen LogP contribution >= 0.6 is 0 Å². The van der Waals surface area contributed by atoms with E-state index in [1.807, 2.05) is 30.3 Å². The van der Waals surface area contributed by atoms with Crippen molar-refractivity contribution in [2.45, 2.75) is 42.3 Å². The third-order valence-corrected chi connectivity index (χ3v) is 8.64. The Hall–Kier alpha value is -2.74. The smallest absolute Gasteiger partial charge is 0.407 e. The molecule has 2 aromatic carbocycles. The standard InChI is InChI=1S/C26H35N3O8S/c1-34-14-12-29(38(32,33)20-9-7-19(27)8-10-20)16-23(30)22(15-18-5-3-2-4-6-18)28-26(31)37-24-17-36-25-21(24)11-13-35-25/h2-10,21-25,30H,11-17,27H2,1H3,(H,28,31)/t21-,22-,23?,24-,25+/m0/s1. The predicted octanol–water partition coefficient (Wildman–Crippen LogP) is 1.37. The Morgan fingerprint density at radius 1 is 1.18 bits per heavy atom. The molecule has 2 aliphatic heterocycles. The Labute approximate surface area is 222 Å². The maximum absolute atomic E-state index is 13.4. The van der Waals surface area contributed by atoms with E-state index in [2.05, 4.69) is 5.32 Å². The summed E-state index contributed by atoms with van der Waals surface area (Å²) in [5.41, 5.74) is 7.01. The summed E-state index contributed by atoms with van der Waals surface area (Å²) in [4.78, 5) is 12.9. The minimum atomic E-state index is -3.99. The lowest BCUT2D eigenvalue weighted by atomic mass is 10.0. The van der Waals surface area contributed by atoms with Crippen molar-refractivity contribution in [1.82, 2.24) is 9.62 Å². The summed E-state index contributed by atoms with van der Waals surface area (Å²) in [6.07, 6.45) is -1.81. The Kier molecular flexibility index (Phi) is 9.58. The summed E-state index contributed by atoms with van der Waals surface area (Å²) >= 11 is 0. The molecule has 0 spiro atoms. The van der Waals surface area contributed by atoms with E-state index < -0.39 is 34.4 Å². The van der Waals surface area contributed by atoms with Gasteiger partial charge >= 0.3 is 6.09 Å². The average Bonchev–Trinajstić information content (AvgIpc) is 3.52. The molecule has 5 atom stereocenters. The second-order valence-corrected chi connectivity index (χ2v) is 11.3. The van der Waals surface area contributed by atoms with Crippen LogP contribution in [0.5, 0.6) is 0 Å². The first-order valence-electron chi connectivity index (χ1n) is 12.5. The van der Waals surface area contributed by atoms with Crippen LogP contribution in [0, 0.1) is 5.92 Å². The van der Waals surface area contributed by atoms with Crippen molar-refractivity contribution in [3.05, 3.63) is 60.2 Å². The number of hydrogen-bond acceptors (Lipinski definition) is 9. The number of methoxy groups -OCH3 is 1. The maximum Gasteiger partial charge on any atom is 0.407 e. The molecular weight excluding hydrogens is 514 g/mol. The van der Waals surface area contributed by atoms with Gasteiger partial charge in [0.2, 0.25) is 10.0 Å². The highest BCUT2D eigenvalue weighted by Crippen LogP contribution is 2.33. The largest absolute Gasteiger partial charge is 0.443 e. The Balaban J connectivity index is 1.49. The summed E-state index contributed by atoms with van der Waals surface area (Å²) in [5, 5.41) is 14.0. The van der Waals surface area contributed by atoms with Crippen LogP contribution in [0.2, 0.25) is 0 Å². The second kappa shape index (κ2) is 12.9. The molecule has 0 aliphatic carbocycles. The zero-order valence-corrected chi connectivity index (χ0v) is 22.1. The number of nitrogens with two attached hydrogens (primary N) is 1. The lowest BCUT2D eigenvalue weighted by molar-refractivity contribution is -0.0907. The van der Waals surface area contributed by atoms with Crippen molar-refractivity contribution in [1.29, 1.82) is 0 Å². The predicted molar refractivity (Wildman–Crippen MR) is 139 cm³/mol. The molecule has 12 heteroatoms. The molecule has 0 bridgehead atoms. The molecule has 38 heavy (non-hydrogen) atoms. The lowest BCUT2D eigenvalue weighted by Gasteiger charge is -2.30. The Bertz CT molecular complexity index is 1150. The molecule has 4 N–H and O–H groups in total. The van der Waals surface area contributed by atoms with E-state index in [1.54, 1.807) is 0 Å². The Morgan fingerprint density at radius 2 is 1.92 bits per heavy atom. The Morgan fingerprint density at radius 3 is 2.63 bits per heavy atom. The molecule has 0 aromatic heterocycles. The van der Waals surface area contributed by atoms with E-state index in [4.69, 9.17) is 24.7 Å². The molecule has 2 saturated heterocycles. The molecule has 2 aliphatic rings. The molecule has 2 aromatic rings. The topological polar surface area (TPSA) is 150 Å². The van der Waals surface area contributed by atoms with Gasteiger partial charge in [-0.3, -0.25) is 0 Å². The number of fused-ring (bicyclic) bond motifs is 1. The van der Waals surface area contributed by atoms with Crippen LogP contribution < -0.4 is 11.1 Å². The monoisotopic (exact) mass is 549 g/mol. The summed E-state index contributed by atoms with van der Waals surface area (Å²) in [7, 11) is -2.52. The normalized spacial score (nSPS) is 22.7. The quantitative estimate of drug-likeness (QED) is 0.334. The lowest BCUT2D eigenvalue weighted by Crippen LogP contribution is -2.51. The van der Waals surface area contributed by atoms with E-state index in [1.165, 1.54) is 31.4 Å². The van der Waals surface area contributed by atoms with Crippen LogP contribution in [0.3, 0.4) is 0 Å². The fraction of sp³-hybridized carbons (Fsp3) is 0.500. The van der Waals surface area contributed by atoms with Gasteiger partial charge in [-0.15, -0.1) is 0 Å². The summed E-state index contributed by atoms with van der Waals surface area (Å²) in [6, 6.07) is 14.3. The number of nitrogen functional groups attached to an aromatic ring is 1. The molecule has 2 heterocycles. The molecule has 1 amide bonds. The zero-order chi connectivity index (χ0) is 27.1. The molecule has 1 unspecified atom stereocenters. The number of anilines is 1. The number of sulfonamides is 1.